The second-order valence-electron chi connectivity index (χ2n) is 5.06. The van der Waals surface area contributed by atoms with E-state index in [1.54, 1.807) is 11.8 Å². The summed E-state index contributed by atoms with van der Waals surface area (Å²) in [5.41, 5.74) is 0. The van der Waals surface area contributed by atoms with Gasteiger partial charge >= 0.3 is 0 Å². The summed E-state index contributed by atoms with van der Waals surface area (Å²) in [5.74, 6) is 0.549. The fraction of sp³-hybridized carbons (Fsp3) is 0.917. The molecule has 1 amide bonds. The molecule has 5 nitrogen and oxygen atoms in total. The van der Waals surface area contributed by atoms with Crippen LogP contribution < -0.4 is 4.72 Å². The van der Waals surface area contributed by atoms with E-state index in [9.17, 15) is 13.2 Å². The van der Waals surface area contributed by atoms with Gasteiger partial charge in [0.1, 0.15) is 0 Å². The van der Waals surface area contributed by atoms with Crippen LogP contribution in [0.4, 0.5) is 0 Å². The van der Waals surface area contributed by atoms with Crippen molar-refractivity contribution in [1.82, 2.24) is 9.62 Å². The second-order valence-corrected chi connectivity index (χ2v) is 8.04. The Morgan fingerprint density at radius 2 is 2.16 bits per heavy atom. The van der Waals surface area contributed by atoms with E-state index in [-0.39, 0.29) is 22.5 Å². The fourth-order valence-electron chi connectivity index (χ4n) is 2.17. The molecule has 2 atom stereocenters. The largest absolute Gasteiger partial charge is 0.330 e. The molecule has 1 fully saturated rings. The van der Waals surface area contributed by atoms with Crippen LogP contribution in [-0.4, -0.2) is 43.0 Å². The quantitative estimate of drug-likeness (QED) is 0.582. The van der Waals surface area contributed by atoms with Crippen LogP contribution in [0.25, 0.3) is 0 Å². The van der Waals surface area contributed by atoms with Crippen molar-refractivity contribution in [2.24, 2.45) is 5.92 Å². The number of carbonyl (C=O) groups is 1. The van der Waals surface area contributed by atoms with Crippen LogP contribution >= 0.6 is 15.9 Å². The summed E-state index contributed by atoms with van der Waals surface area (Å²) >= 11 is 3.49. The molecule has 1 aliphatic heterocycles. The van der Waals surface area contributed by atoms with Crippen molar-refractivity contribution in [1.29, 1.82) is 0 Å². The van der Waals surface area contributed by atoms with Crippen LogP contribution in [0.15, 0.2) is 0 Å². The first-order chi connectivity index (χ1) is 8.85. The van der Waals surface area contributed by atoms with E-state index >= 15 is 0 Å². The number of rotatable bonds is 6. The molecule has 1 rings (SSSR count). The lowest BCUT2D eigenvalue weighted by Crippen LogP contribution is -2.44. The third kappa shape index (κ3) is 5.79. The Bertz CT molecular complexity index is 400. The number of piperidine rings is 1. The van der Waals surface area contributed by atoms with Gasteiger partial charge < -0.3 is 4.90 Å². The molecule has 1 aliphatic rings. The van der Waals surface area contributed by atoms with Gasteiger partial charge in [-0.25, -0.2) is 13.1 Å². The summed E-state index contributed by atoms with van der Waals surface area (Å²) in [4.78, 5) is 13.1. The summed E-state index contributed by atoms with van der Waals surface area (Å²) < 4.78 is 26.1. The molecule has 1 saturated heterocycles. The van der Waals surface area contributed by atoms with Crippen molar-refractivity contribution in [2.75, 3.05) is 18.8 Å². The Hall–Kier alpha value is -0.140. The minimum atomic E-state index is -3.14. The van der Waals surface area contributed by atoms with Gasteiger partial charge in [-0.05, 0) is 25.2 Å². The van der Waals surface area contributed by atoms with E-state index in [2.05, 4.69) is 20.7 Å². The van der Waals surface area contributed by atoms with Crippen LogP contribution in [0.1, 0.15) is 39.5 Å². The molecule has 0 saturated carbocycles. The molecule has 0 bridgehead atoms. The van der Waals surface area contributed by atoms with Gasteiger partial charge in [0.05, 0.1) is 10.7 Å². The predicted octanol–water partition coefficient (Wildman–Crippen LogP) is 1.69. The summed E-state index contributed by atoms with van der Waals surface area (Å²) in [6.07, 6.45) is 3.20. The summed E-state index contributed by atoms with van der Waals surface area (Å²) in [5, 5.41) is 0. The molecule has 1 heterocycles. The maximum atomic E-state index is 11.7. The molecule has 2 unspecified atom stereocenters. The lowest BCUT2D eigenvalue weighted by atomic mass is 9.97. The van der Waals surface area contributed by atoms with E-state index in [0.29, 0.717) is 19.5 Å². The van der Waals surface area contributed by atoms with Crippen molar-refractivity contribution < 1.29 is 13.2 Å². The molecule has 1 N–H and O–H groups in total. The number of carbonyl (C=O) groups excluding carboxylic acids is 1. The first-order valence-electron chi connectivity index (χ1n) is 6.74. The van der Waals surface area contributed by atoms with E-state index < -0.39 is 10.0 Å². The molecule has 0 aromatic carbocycles. The number of alkyl halides is 1. The van der Waals surface area contributed by atoms with Crippen molar-refractivity contribution >= 4 is 31.9 Å². The number of hydrogen-bond donors (Lipinski definition) is 1. The van der Waals surface area contributed by atoms with Gasteiger partial charge in [-0.2, -0.15) is 0 Å². The van der Waals surface area contributed by atoms with Crippen LogP contribution in [0.3, 0.4) is 0 Å². The topological polar surface area (TPSA) is 66.5 Å². The van der Waals surface area contributed by atoms with Crippen LogP contribution in [0.2, 0.25) is 0 Å². The number of halogens is 1. The summed E-state index contributed by atoms with van der Waals surface area (Å²) in [7, 11) is -3.14. The van der Waals surface area contributed by atoms with E-state index in [4.69, 9.17) is 0 Å². The smallest absolute Gasteiger partial charge is 0.220 e. The Morgan fingerprint density at radius 1 is 1.47 bits per heavy atom. The summed E-state index contributed by atoms with van der Waals surface area (Å²) in [6.45, 7) is 4.69. The van der Waals surface area contributed by atoms with Gasteiger partial charge in [0, 0.05) is 20.0 Å². The Morgan fingerprint density at radius 3 is 2.68 bits per heavy atom. The van der Waals surface area contributed by atoms with E-state index in [1.165, 1.54) is 0 Å². The third-order valence-electron chi connectivity index (χ3n) is 3.41. The van der Waals surface area contributed by atoms with Crippen molar-refractivity contribution in [3.8, 4) is 0 Å². The second kappa shape index (κ2) is 7.59. The van der Waals surface area contributed by atoms with Gasteiger partial charge in [0.2, 0.25) is 15.9 Å². The highest BCUT2D eigenvalue weighted by Gasteiger charge is 2.28. The molecule has 0 aromatic rings. The molecule has 0 aromatic heterocycles. The summed E-state index contributed by atoms with van der Waals surface area (Å²) in [6, 6.07) is 0. The SMILES string of the molecule is CCCCS(=O)(=O)NCC1CCN(C(C)=O)C(Br)C1. The van der Waals surface area contributed by atoms with Gasteiger partial charge in [0.15, 0.2) is 0 Å². The molecule has 7 heteroatoms. The molecule has 112 valence electrons. The van der Waals surface area contributed by atoms with Gasteiger partial charge in [-0.1, -0.05) is 29.3 Å². The zero-order valence-electron chi connectivity index (χ0n) is 11.6. The van der Waals surface area contributed by atoms with Crippen molar-refractivity contribution in [3.63, 3.8) is 0 Å². The molecule has 19 heavy (non-hydrogen) atoms. The Balaban J connectivity index is 2.38. The molecule has 0 spiro atoms. The maximum Gasteiger partial charge on any atom is 0.220 e. The average molecular weight is 355 g/mol. The normalized spacial score (nSPS) is 24.5. The zero-order valence-corrected chi connectivity index (χ0v) is 14.0. The monoisotopic (exact) mass is 354 g/mol. The lowest BCUT2D eigenvalue weighted by Gasteiger charge is -2.35. The fourth-order valence-corrected chi connectivity index (χ4v) is 4.50. The predicted molar refractivity (Wildman–Crippen MR) is 79.5 cm³/mol. The van der Waals surface area contributed by atoms with Crippen LogP contribution in [0.5, 0.6) is 0 Å². The highest BCUT2D eigenvalue weighted by atomic mass is 79.9. The highest BCUT2D eigenvalue weighted by molar-refractivity contribution is 9.09. The first-order valence-corrected chi connectivity index (χ1v) is 9.31. The molecular weight excluding hydrogens is 332 g/mol. The van der Waals surface area contributed by atoms with Crippen LogP contribution in [-0.2, 0) is 14.8 Å². The Labute approximate surface area is 124 Å². The zero-order chi connectivity index (χ0) is 14.5. The number of nitrogens with one attached hydrogen (secondary N) is 1. The minimum Gasteiger partial charge on any atom is -0.330 e. The maximum absolute atomic E-state index is 11.7. The van der Waals surface area contributed by atoms with Gasteiger partial charge in [0.25, 0.3) is 0 Å². The van der Waals surface area contributed by atoms with E-state index in [1.807, 2.05) is 6.92 Å². The number of hydrogen-bond acceptors (Lipinski definition) is 3. The Kier molecular flexibility index (Phi) is 6.76. The number of likely N-dealkylation sites (tertiary alicyclic amines) is 1. The van der Waals surface area contributed by atoms with Gasteiger partial charge in [-0.15, -0.1) is 0 Å². The lowest BCUT2D eigenvalue weighted by molar-refractivity contribution is -0.130. The first kappa shape index (κ1) is 16.9. The van der Waals surface area contributed by atoms with Crippen molar-refractivity contribution in [3.05, 3.63) is 0 Å². The number of nitrogens with zero attached hydrogens (tertiary/aromatic N) is 1. The van der Waals surface area contributed by atoms with Crippen LogP contribution in [0, 0.1) is 5.92 Å². The minimum absolute atomic E-state index is 0.0175. The number of amides is 1. The molecule has 0 radical (unpaired) electrons. The van der Waals surface area contributed by atoms with E-state index in [0.717, 1.165) is 19.3 Å². The standard InChI is InChI=1S/C12H23BrN2O3S/c1-3-4-7-19(17,18)14-9-11-5-6-15(10(2)16)12(13)8-11/h11-12,14H,3-9H2,1-2H3. The molecular formula is C12H23BrN2O3S. The van der Waals surface area contributed by atoms with Gasteiger partial charge in [-0.3, -0.25) is 4.79 Å². The number of sulfonamides is 1. The highest BCUT2D eigenvalue weighted by Crippen LogP contribution is 2.26. The average Bonchev–Trinajstić information content (AvgIpc) is 2.34. The third-order valence-corrected chi connectivity index (χ3v) is 5.71. The molecule has 0 aliphatic carbocycles. The van der Waals surface area contributed by atoms with Crippen molar-refractivity contribution in [2.45, 2.75) is 44.5 Å². The number of unbranched alkanes of at least 4 members (excludes halogenated alkanes) is 1.